The molecule has 3 heterocycles. The fourth-order valence-electron chi connectivity index (χ4n) is 5.53. The quantitative estimate of drug-likeness (QED) is 0.373. The van der Waals surface area contributed by atoms with Gasteiger partial charge in [-0.3, -0.25) is 10.2 Å². The molecule has 2 saturated heterocycles. The second-order valence-corrected chi connectivity index (χ2v) is 14.6. The molecule has 2 fully saturated rings. The van der Waals surface area contributed by atoms with E-state index in [2.05, 4.69) is 15.6 Å². The molecule has 12 nitrogen and oxygen atoms in total. The van der Waals surface area contributed by atoms with Crippen LogP contribution in [0.25, 0.3) is 0 Å². The molecule has 2 aromatic carbocycles. The number of ether oxygens (including phenoxy) is 1. The molecule has 1 spiro atoms. The van der Waals surface area contributed by atoms with Gasteiger partial charge >= 0.3 is 0 Å². The molecule has 1 aromatic heterocycles. The molecule has 0 bridgehead atoms. The number of amides is 1. The van der Waals surface area contributed by atoms with Crippen LogP contribution in [0.4, 0.5) is 14.5 Å². The van der Waals surface area contributed by atoms with Crippen LogP contribution in [-0.2, 0) is 25.6 Å². The normalized spacial score (nSPS) is 23.7. The highest BCUT2D eigenvalue weighted by molar-refractivity contribution is 7.91. The monoisotopic (exact) mass is 634 g/mol. The molecule has 2 aliphatic heterocycles. The molecule has 0 saturated carbocycles. The van der Waals surface area contributed by atoms with Crippen LogP contribution in [0, 0.1) is 17.0 Å². The van der Waals surface area contributed by atoms with E-state index >= 15 is 4.39 Å². The van der Waals surface area contributed by atoms with Gasteiger partial charge in [0, 0.05) is 31.4 Å². The topological polar surface area (TPSA) is 162 Å². The predicted molar refractivity (Wildman–Crippen MR) is 153 cm³/mol. The number of carbonyl (C=O) groups excluding carboxylic acids is 1. The number of hydrogen-bond acceptors (Lipinski definition) is 8. The Morgan fingerprint density at radius 3 is 2.47 bits per heavy atom. The van der Waals surface area contributed by atoms with Gasteiger partial charge in [0.25, 0.3) is 5.91 Å². The van der Waals surface area contributed by atoms with Gasteiger partial charge in [0.05, 0.1) is 23.7 Å². The molecule has 3 aromatic rings. The number of guanidine groups is 1. The molecule has 0 aliphatic carbocycles. The minimum atomic E-state index is -4.49. The Balaban J connectivity index is 1.57. The van der Waals surface area contributed by atoms with Crippen molar-refractivity contribution < 1.29 is 35.1 Å². The largest absolute Gasteiger partial charge is 0.495 e. The maximum absolute atomic E-state index is 15.7. The number of rotatable bonds is 6. The average molecular weight is 635 g/mol. The highest BCUT2D eigenvalue weighted by Gasteiger charge is 2.67. The third kappa shape index (κ3) is 4.78. The number of carbonyl (C=O) groups is 1. The molecule has 1 amide bonds. The van der Waals surface area contributed by atoms with E-state index in [1.807, 2.05) is 0 Å². The number of benzene rings is 2. The van der Waals surface area contributed by atoms with Crippen molar-refractivity contribution in [3.63, 3.8) is 0 Å². The van der Waals surface area contributed by atoms with Crippen LogP contribution in [0.1, 0.15) is 29.4 Å². The Labute approximate surface area is 247 Å². The molecular weight excluding hydrogens is 606 g/mol. The van der Waals surface area contributed by atoms with Gasteiger partial charge in [-0.05, 0) is 67.9 Å². The lowest BCUT2D eigenvalue weighted by molar-refractivity contribution is 0.102. The fourth-order valence-corrected chi connectivity index (χ4v) is 9.26. The number of nitrogens with zero attached hydrogens (tertiary/aromatic N) is 3. The van der Waals surface area contributed by atoms with Crippen LogP contribution in [0.3, 0.4) is 0 Å². The number of pyridine rings is 1. The number of methoxy groups -OCH3 is 1. The summed E-state index contributed by atoms with van der Waals surface area (Å²) in [4.78, 5) is 16.7. The molecule has 0 radical (unpaired) electrons. The molecular formula is C27H28F2N6O6S2. The van der Waals surface area contributed by atoms with Gasteiger partial charge in [-0.1, -0.05) is 0 Å². The lowest BCUT2D eigenvalue weighted by Crippen LogP contribution is -2.74. The van der Waals surface area contributed by atoms with Crippen LogP contribution < -0.4 is 15.4 Å². The summed E-state index contributed by atoms with van der Waals surface area (Å²) >= 11 is 0. The summed E-state index contributed by atoms with van der Waals surface area (Å²) < 4.78 is 89.0. The molecule has 0 unspecified atom stereocenters. The van der Waals surface area contributed by atoms with Crippen molar-refractivity contribution in [2.75, 3.05) is 32.6 Å². The number of anilines is 1. The predicted octanol–water partition coefficient (Wildman–Crippen LogP) is 2.47. The molecule has 2 atom stereocenters. The average Bonchev–Trinajstić information content (AvgIpc) is 3.46. The second-order valence-electron chi connectivity index (χ2n) is 10.3. The second kappa shape index (κ2) is 10.5. The van der Waals surface area contributed by atoms with Gasteiger partial charge in [0.1, 0.15) is 27.8 Å². The van der Waals surface area contributed by atoms with Crippen molar-refractivity contribution in [1.29, 1.82) is 5.41 Å². The zero-order valence-electron chi connectivity index (χ0n) is 23.3. The number of halogens is 2. The van der Waals surface area contributed by atoms with E-state index in [0.29, 0.717) is 10.1 Å². The summed E-state index contributed by atoms with van der Waals surface area (Å²) in [5, 5.41) is 13.8. The summed E-state index contributed by atoms with van der Waals surface area (Å²) in [5.74, 6) is -2.24. The third-order valence-corrected chi connectivity index (χ3v) is 12.6. The van der Waals surface area contributed by atoms with Gasteiger partial charge < -0.3 is 15.4 Å². The van der Waals surface area contributed by atoms with Gasteiger partial charge in [-0.25, -0.2) is 34.9 Å². The highest BCUT2D eigenvalue weighted by atomic mass is 32.2. The summed E-state index contributed by atoms with van der Waals surface area (Å²) in [7, 11) is -6.17. The van der Waals surface area contributed by atoms with Crippen LogP contribution >= 0.6 is 0 Å². The Morgan fingerprint density at radius 2 is 1.84 bits per heavy atom. The highest BCUT2D eigenvalue weighted by Crippen LogP contribution is 2.50. The zero-order valence-corrected chi connectivity index (χ0v) is 24.9. The van der Waals surface area contributed by atoms with Crippen LogP contribution in [-0.4, -0.2) is 74.3 Å². The van der Waals surface area contributed by atoms with Crippen LogP contribution in [0.5, 0.6) is 5.75 Å². The Hall–Kier alpha value is -4.15. The van der Waals surface area contributed by atoms with Crippen molar-refractivity contribution in [2.45, 2.75) is 28.5 Å². The van der Waals surface area contributed by atoms with Crippen molar-refractivity contribution in [2.24, 2.45) is 0 Å². The number of aromatic nitrogens is 1. The molecule has 43 heavy (non-hydrogen) atoms. The van der Waals surface area contributed by atoms with Gasteiger partial charge in [0.15, 0.2) is 0 Å². The van der Waals surface area contributed by atoms with E-state index in [0.717, 1.165) is 41.7 Å². The van der Waals surface area contributed by atoms with Crippen molar-refractivity contribution in [3.05, 3.63) is 83.7 Å². The minimum Gasteiger partial charge on any atom is -0.495 e. The lowest BCUT2D eigenvalue weighted by atomic mass is 9.77. The third-order valence-electron chi connectivity index (χ3n) is 8.06. The molecule has 5 rings (SSSR count). The Morgan fingerprint density at radius 1 is 1.14 bits per heavy atom. The van der Waals surface area contributed by atoms with Crippen molar-refractivity contribution in [1.82, 2.24) is 18.9 Å². The first kappa shape index (κ1) is 30.3. The van der Waals surface area contributed by atoms with E-state index in [4.69, 9.17) is 10.1 Å². The first-order valence-electron chi connectivity index (χ1n) is 12.9. The zero-order chi connectivity index (χ0) is 31.4. The van der Waals surface area contributed by atoms with Crippen LogP contribution in [0.2, 0.25) is 0 Å². The molecule has 228 valence electrons. The minimum absolute atomic E-state index is 0.0357. The standard InChI is InChI=1S/C27H28F2N6O6S2/c1-26(21-14-18(6-10-22(21)29)32-24(36)23-11-7-19(41-3)15-31-23)27(43(39,40)34(2)25(30)33-26)12-13-35(16-27)42(37,38)20-8-4-17(28)5-9-20/h4-11,14-15H,12-13,16H2,1-3H3,(H2,30,33)(H,32,36)/t26-,27-/m1/s1. The maximum Gasteiger partial charge on any atom is 0.274 e. The number of sulfonamides is 2. The molecule has 2 aliphatic rings. The Bertz CT molecular complexity index is 1820. The Kier molecular flexibility index (Phi) is 7.43. The lowest BCUT2D eigenvalue weighted by Gasteiger charge is -2.52. The summed E-state index contributed by atoms with van der Waals surface area (Å²) in [6, 6.07) is 10.7. The fraction of sp³-hybridized carbons (Fsp3) is 0.296. The van der Waals surface area contributed by atoms with E-state index < -0.39 is 60.4 Å². The van der Waals surface area contributed by atoms with Gasteiger partial charge in [0.2, 0.25) is 26.0 Å². The molecule has 3 N–H and O–H groups in total. The number of nitrogens with one attached hydrogen (secondary N) is 3. The van der Waals surface area contributed by atoms with Gasteiger partial charge in [-0.2, -0.15) is 4.31 Å². The van der Waals surface area contributed by atoms with Crippen molar-refractivity contribution >= 4 is 37.6 Å². The summed E-state index contributed by atoms with van der Waals surface area (Å²) in [5.41, 5.74) is -1.95. The summed E-state index contributed by atoms with van der Waals surface area (Å²) in [6.07, 6.45) is 1.09. The van der Waals surface area contributed by atoms with Crippen molar-refractivity contribution in [3.8, 4) is 5.75 Å². The number of hydrogen-bond donors (Lipinski definition) is 3. The first-order valence-corrected chi connectivity index (χ1v) is 15.8. The SMILES string of the molecule is COc1ccc(C(=O)Nc2ccc(F)c([C@@]3(C)NC(=N)N(C)S(=O)(=O)[C@@]34CCN(S(=O)(=O)c3ccc(F)cc3)C4)c2)nc1. The van der Waals surface area contributed by atoms with E-state index in [1.165, 1.54) is 44.5 Å². The van der Waals surface area contributed by atoms with Crippen LogP contribution in [0.15, 0.2) is 65.7 Å². The first-order chi connectivity index (χ1) is 20.2. The maximum atomic E-state index is 15.7. The van der Waals surface area contributed by atoms with Gasteiger partial charge in [-0.15, -0.1) is 0 Å². The molecule has 16 heteroatoms. The van der Waals surface area contributed by atoms with E-state index in [1.54, 1.807) is 0 Å². The smallest absolute Gasteiger partial charge is 0.274 e. The summed E-state index contributed by atoms with van der Waals surface area (Å²) in [6.45, 7) is 0.537. The van der Waals surface area contributed by atoms with E-state index in [9.17, 15) is 26.0 Å². The van der Waals surface area contributed by atoms with E-state index in [-0.39, 0.29) is 34.8 Å².